The van der Waals surface area contributed by atoms with Crippen LogP contribution in [0, 0.1) is 0 Å². The van der Waals surface area contributed by atoms with Crippen LogP contribution < -0.4 is 0 Å². The molecule has 2 atom stereocenters. The molecule has 1 heterocycles. The van der Waals surface area contributed by atoms with Gasteiger partial charge in [0.2, 0.25) is 0 Å². The Balaban J connectivity index is 2.49. The maximum Gasteiger partial charge on any atom is 0.148 e. The fraction of sp³-hybridized carbons (Fsp3) is 1.00. The van der Waals surface area contributed by atoms with Crippen molar-refractivity contribution in [3.05, 3.63) is 0 Å². The number of ether oxygens (including phenoxy) is 2. The molecule has 0 amide bonds. The van der Waals surface area contributed by atoms with Crippen LogP contribution in [-0.4, -0.2) is 50.3 Å². The molecule has 1 saturated heterocycles. The Morgan fingerprint density at radius 3 is 2.67 bits per heavy atom. The normalized spacial score (nSPS) is 29.4. The Morgan fingerprint density at radius 1 is 1.47 bits per heavy atom. The van der Waals surface area contributed by atoms with Crippen molar-refractivity contribution < 1.29 is 19.7 Å². The zero-order valence-electron chi connectivity index (χ0n) is 9.61. The van der Waals surface area contributed by atoms with Gasteiger partial charge in [0.1, 0.15) is 20.3 Å². The third-order valence-electron chi connectivity index (χ3n) is 2.88. The largest absolute Gasteiger partial charge is 0.394 e. The van der Waals surface area contributed by atoms with Gasteiger partial charge >= 0.3 is 0 Å². The van der Waals surface area contributed by atoms with E-state index in [1.807, 2.05) is 0 Å². The molecule has 15 heavy (non-hydrogen) atoms. The van der Waals surface area contributed by atoms with E-state index < -0.39 is 20.3 Å². The highest BCUT2D eigenvalue weighted by Gasteiger charge is 2.38. The van der Waals surface area contributed by atoms with Crippen LogP contribution in [0.5, 0.6) is 0 Å². The molecule has 4 nitrogen and oxygen atoms in total. The van der Waals surface area contributed by atoms with Gasteiger partial charge in [-0.15, -0.1) is 0 Å². The summed E-state index contributed by atoms with van der Waals surface area (Å²) in [6.45, 7) is 5.05. The fourth-order valence-corrected chi connectivity index (χ4v) is 3.48. The predicted molar refractivity (Wildman–Crippen MR) is 60.5 cm³/mol. The molecule has 0 aliphatic carbocycles. The first-order valence-electron chi connectivity index (χ1n) is 5.67. The first-order valence-corrected chi connectivity index (χ1v) is 8.56. The van der Waals surface area contributed by atoms with E-state index in [4.69, 9.17) is 14.6 Å². The zero-order valence-corrected chi connectivity index (χ0v) is 10.8. The number of rotatable bonds is 5. The summed E-state index contributed by atoms with van der Waals surface area (Å²) in [5.41, 5.74) is -0.422. The second kappa shape index (κ2) is 5.96. The Hall–Kier alpha value is 0.0569. The second-order valence-corrected chi connectivity index (χ2v) is 7.61. The number of aliphatic hydroxyl groups is 2. The lowest BCUT2D eigenvalue weighted by atomic mass is 10.2. The van der Waals surface area contributed by atoms with Crippen LogP contribution in [0.3, 0.4) is 0 Å². The summed E-state index contributed by atoms with van der Waals surface area (Å²) < 4.78 is 11.5. The third-order valence-corrected chi connectivity index (χ3v) is 5.26. The molecule has 1 rings (SSSR count). The topological polar surface area (TPSA) is 58.9 Å². The van der Waals surface area contributed by atoms with Gasteiger partial charge in [0.15, 0.2) is 0 Å². The van der Waals surface area contributed by atoms with E-state index in [0.717, 1.165) is 25.9 Å². The van der Waals surface area contributed by atoms with Gasteiger partial charge in [0.25, 0.3) is 0 Å². The minimum atomic E-state index is -1.09. The van der Waals surface area contributed by atoms with Crippen molar-refractivity contribution in [1.82, 2.24) is 0 Å². The van der Waals surface area contributed by atoms with Gasteiger partial charge in [0.05, 0.1) is 13.2 Å². The summed E-state index contributed by atoms with van der Waals surface area (Å²) in [5.74, 6) is 0. The Kier molecular flexibility index (Phi) is 5.21. The van der Waals surface area contributed by atoms with Crippen LogP contribution in [0.1, 0.15) is 19.3 Å². The zero-order chi connectivity index (χ0) is 11.3. The standard InChI is InChI=1S/C10H22O4Si/c1-15(2)10(5-3-4-6-13-10)14-8-9(12)7-11/h9,11-12,15H,3-8H2,1-2H3. The smallest absolute Gasteiger partial charge is 0.148 e. The van der Waals surface area contributed by atoms with E-state index in [9.17, 15) is 5.11 Å². The van der Waals surface area contributed by atoms with Gasteiger partial charge in [-0.25, -0.2) is 0 Å². The molecule has 0 aromatic rings. The minimum Gasteiger partial charge on any atom is -0.394 e. The molecule has 1 aliphatic heterocycles. The molecule has 0 saturated carbocycles. The molecular formula is C10H22O4Si. The molecule has 0 aromatic carbocycles. The third kappa shape index (κ3) is 3.53. The molecular weight excluding hydrogens is 212 g/mol. The van der Waals surface area contributed by atoms with Crippen molar-refractivity contribution in [2.45, 2.75) is 43.9 Å². The van der Waals surface area contributed by atoms with Crippen LogP contribution in [0.4, 0.5) is 0 Å². The Bertz CT molecular complexity index is 180. The SMILES string of the molecule is C[SiH](C)C1(OCC(O)CO)CCCCO1. The van der Waals surface area contributed by atoms with E-state index in [-0.39, 0.29) is 13.2 Å². The minimum absolute atomic E-state index is 0.168. The molecule has 2 unspecified atom stereocenters. The van der Waals surface area contributed by atoms with Gasteiger partial charge in [-0.2, -0.15) is 0 Å². The number of hydrogen-bond donors (Lipinski definition) is 2. The lowest BCUT2D eigenvalue weighted by molar-refractivity contribution is -0.215. The van der Waals surface area contributed by atoms with Gasteiger partial charge in [0, 0.05) is 6.61 Å². The number of hydrogen-bond acceptors (Lipinski definition) is 4. The van der Waals surface area contributed by atoms with Crippen molar-refractivity contribution >= 4 is 8.80 Å². The summed E-state index contributed by atoms with van der Waals surface area (Å²) in [7, 11) is -1.09. The molecule has 5 heteroatoms. The van der Waals surface area contributed by atoms with E-state index in [2.05, 4.69) is 13.1 Å². The summed E-state index contributed by atoms with van der Waals surface area (Å²) in [6, 6.07) is 0. The lowest BCUT2D eigenvalue weighted by Gasteiger charge is -2.40. The van der Waals surface area contributed by atoms with Gasteiger partial charge < -0.3 is 19.7 Å². The monoisotopic (exact) mass is 234 g/mol. The van der Waals surface area contributed by atoms with Crippen LogP contribution in [-0.2, 0) is 9.47 Å². The van der Waals surface area contributed by atoms with Crippen molar-refractivity contribution in [2.24, 2.45) is 0 Å². The van der Waals surface area contributed by atoms with Crippen molar-refractivity contribution in [2.75, 3.05) is 19.8 Å². The highest BCUT2D eigenvalue weighted by Crippen LogP contribution is 2.29. The lowest BCUT2D eigenvalue weighted by Crippen LogP contribution is -2.51. The van der Waals surface area contributed by atoms with Crippen molar-refractivity contribution in [3.63, 3.8) is 0 Å². The molecule has 2 N–H and O–H groups in total. The summed E-state index contributed by atoms with van der Waals surface area (Å²) in [5, 5.41) is 18.0. The molecule has 0 bridgehead atoms. The highest BCUT2D eigenvalue weighted by molar-refractivity contribution is 6.58. The Morgan fingerprint density at radius 2 is 2.20 bits per heavy atom. The second-order valence-electron chi connectivity index (χ2n) is 4.42. The number of aliphatic hydroxyl groups excluding tert-OH is 2. The quantitative estimate of drug-likeness (QED) is 0.671. The van der Waals surface area contributed by atoms with E-state index in [1.165, 1.54) is 0 Å². The molecule has 0 radical (unpaired) electrons. The first-order chi connectivity index (χ1) is 7.10. The van der Waals surface area contributed by atoms with Crippen LogP contribution in [0.25, 0.3) is 0 Å². The highest BCUT2D eigenvalue weighted by atomic mass is 28.3. The summed E-state index contributed by atoms with van der Waals surface area (Å²) in [6.07, 6.45) is 2.35. The first kappa shape index (κ1) is 13.1. The maximum atomic E-state index is 9.27. The Labute approximate surface area is 92.8 Å². The molecule has 1 aliphatic rings. The van der Waals surface area contributed by atoms with E-state index in [1.54, 1.807) is 0 Å². The molecule has 90 valence electrons. The average Bonchev–Trinajstić information content (AvgIpc) is 2.27. The molecule has 1 fully saturated rings. The summed E-state index contributed by atoms with van der Waals surface area (Å²) in [4.78, 5) is 0. The van der Waals surface area contributed by atoms with Crippen molar-refractivity contribution in [1.29, 1.82) is 0 Å². The van der Waals surface area contributed by atoms with Gasteiger partial charge in [-0.1, -0.05) is 13.1 Å². The molecule has 0 aromatic heterocycles. The summed E-state index contributed by atoms with van der Waals surface area (Å²) >= 11 is 0. The average molecular weight is 234 g/mol. The predicted octanol–water partition coefficient (Wildman–Crippen LogP) is 0.279. The van der Waals surface area contributed by atoms with Gasteiger partial charge in [-0.05, 0) is 19.3 Å². The van der Waals surface area contributed by atoms with Gasteiger partial charge in [-0.3, -0.25) is 0 Å². The van der Waals surface area contributed by atoms with E-state index in [0.29, 0.717) is 0 Å². The van der Waals surface area contributed by atoms with Crippen LogP contribution in [0.15, 0.2) is 0 Å². The maximum absolute atomic E-state index is 9.27. The van der Waals surface area contributed by atoms with Crippen molar-refractivity contribution in [3.8, 4) is 0 Å². The van der Waals surface area contributed by atoms with E-state index >= 15 is 0 Å². The fourth-order valence-electron chi connectivity index (χ4n) is 1.82. The van der Waals surface area contributed by atoms with Crippen LogP contribution in [0.2, 0.25) is 13.1 Å². The van der Waals surface area contributed by atoms with Crippen LogP contribution >= 0.6 is 0 Å². The molecule has 0 spiro atoms.